The van der Waals surface area contributed by atoms with Crippen LogP contribution in [0.2, 0.25) is 0 Å². The van der Waals surface area contributed by atoms with E-state index in [4.69, 9.17) is 9.47 Å². The van der Waals surface area contributed by atoms with Gasteiger partial charge in [-0.2, -0.15) is 0 Å². The molecule has 2 aliphatic rings. The maximum atomic E-state index is 12.1. The summed E-state index contributed by atoms with van der Waals surface area (Å²) >= 11 is 6.59. The molecule has 4 N–H and O–H groups in total. The van der Waals surface area contributed by atoms with Crippen LogP contribution in [-0.4, -0.2) is 48.6 Å². The molecule has 3 atom stereocenters. The van der Waals surface area contributed by atoms with Crippen LogP contribution in [0.25, 0.3) is 0 Å². The highest BCUT2D eigenvalue weighted by molar-refractivity contribution is 9.13. The Bertz CT molecular complexity index is 603. The lowest BCUT2D eigenvalue weighted by atomic mass is 10.1. The zero-order valence-electron chi connectivity index (χ0n) is 11.5. The van der Waals surface area contributed by atoms with Crippen molar-refractivity contribution < 1.29 is 19.1 Å². The molecule has 3 amide bonds. The lowest BCUT2D eigenvalue weighted by Gasteiger charge is -2.23. The van der Waals surface area contributed by atoms with Gasteiger partial charge in [0.05, 0.1) is 15.2 Å². The largest absolute Gasteiger partial charge is 0.354 e. The lowest BCUT2D eigenvalue weighted by Crippen LogP contribution is -2.48. The van der Waals surface area contributed by atoms with Crippen LogP contribution in [0.1, 0.15) is 16.9 Å². The van der Waals surface area contributed by atoms with Crippen LogP contribution in [0.15, 0.2) is 15.1 Å². The van der Waals surface area contributed by atoms with E-state index in [-0.39, 0.29) is 18.0 Å². The van der Waals surface area contributed by atoms with Crippen LogP contribution in [0, 0.1) is 0 Å². The van der Waals surface area contributed by atoms with Gasteiger partial charge in [-0.15, -0.1) is 0 Å². The van der Waals surface area contributed by atoms with Crippen LogP contribution in [0.4, 0.5) is 4.79 Å². The molecule has 0 unspecified atom stereocenters. The van der Waals surface area contributed by atoms with Crippen LogP contribution >= 0.6 is 31.9 Å². The molecule has 0 spiro atoms. The average Bonchev–Trinajstić information content (AvgIpc) is 3.07. The van der Waals surface area contributed by atoms with Crippen molar-refractivity contribution in [2.24, 2.45) is 0 Å². The first-order valence-corrected chi connectivity index (χ1v) is 8.13. The van der Waals surface area contributed by atoms with Gasteiger partial charge in [0, 0.05) is 20.1 Å². The number of aromatic amines is 1. The van der Waals surface area contributed by atoms with E-state index < -0.39 is 12.0 Å². The molecule has 10 heteroatoms. The Morgan fingerprint density at radius 1 is 1.59 bits per heavy atom. The second-order valence-corrected chi connectivity index (χ2v) is 6.74. The van der Waals surface area contributed by atoms with Crippen molar-refractivity contribution in [2.45, 2.75) is 24.5 Å². The number of hydrogen-bond acceptors (Lipinski definition) is 4. The van der Waals surface area contributed by atoms with E-state index in [2.05, 4.69) is 52.8 Å². The highest BCUT2D eigenvalue weighted by atomic mass is 79.9. The molecule has 2 aliphatic heterocycles. The number of H-pyrrole nitrogens is 1. The molecule has 0 bridgehead atoms. The summed E-state index contributed by atoms with van der Waals surface area (Å²) in [4.78, 5) is 26.3. The molecule has 1 aromatic heterocycles. The normalized spacial score (nSPS) is 29.9. The minimum atomic E-state index is -0.870. The van der Waals surface area contributed by atoms with Gasteiger partial charge in [-0.05, 0) is 37.9 Å². The Balaban J connectivity index is 1.57. The molecule has 2 fully saturated rings. The third kappa shape index (κ3) is 2.75. The molecule has 3 rings (SSSR count). The molecular weight excluding hydrogens is 424 g/mol. The standard InChI is InChI=1S/C12H14Br2N4O4/c1-21-12-3-5(22-10(12)17-11(20)18-12)4-15-9(19)7-2-6(13)8(14)16-7/h2,5,10,16H,3-4H2,1H3,(H,15,19)(H2,17,18,20)/t5-,10-,12-/m1/s1. The number of ether oxygens (including phenoxy) is 2. The predicted octanol–water partition coefficient (Wildman–Crippen LogP) is 1.04. The van der Waals surface area contributed by atoms with Crippen LogP contribution < -0.4 is 16.0 Å². The van der Waals surface area contributed by atoms with Crippen molar-refractivity contribution in [3.05, 3.63) is 20.8 Å². The van der Waals surface area contributed by atoms with Gasteiger partial charge in [0.1, 0.15) is 5.69 Å². The zero-order valence-corrected chi connectivity index (χ0v) is 14.7. The number of carbonyl (C=O) groups is 2. The maximum Gasteiger partial charge on any atom is 0.319 e. The molecule has 0 saturated carbocycles. The monoisotopic (exact) mass is 436 g/mol. The van der Waals surface area contributed by atoms with E-state index >= 15 is 0 Å². The van der Waals surface area contributed by atoms with Gasteiger partial charge in [0.15, 0.2) is 12.0 Å². The van der Waals surface area contributed by atoms with Gasteiger partial charge in [-0.25, -0.2) is 4.79 Å². The van der Waals surface area contributed by atoms with Crippen LogP contribution in [-0.2, 0) is 9.47 Å². The molecular formula is C12H14Br2N4O4. The minimum Gasteiger partial charge on any atom is -0.354 e. The molecule has 3 heterocycles. The maximum absolute atomic E-state index is 12.1. The third-order valence-corrected chi connectivity index (χ3v) is 5.48. The summed E-state index contributed by atoms with van der Waals surface area (Å²) in [5.74, 6) is -0.240. The Kier molecular flexibility index (Phi) is 4.19. The molecule has 1 aromatic rings. The number of carbonyl (C=O) groups excluding carboxylic acids is 2. The summed E-state index contributed by atoms with van der Waals surface area (Å²) in [6.45, 7) is 0.312. The number of hydrogen-bond donors (Lipinski definition) is 4. The Morgan fingerprint density at radius 2 is 2.36 bits per heavy atom. The number of rotatable bonds is 4. The first-order valence-electron chi connectivity index (χ1n) is 6.55. The van der Waals surface area contributed by atoms with Gasteiger partial charge < -0.3 is 30.4 Å². The average molecular weight is 438 g/mol. The number of urea groups is 1. The van der Waals surface area contributed by atoms with E-state index in [0.717, 1.165) is 4.47 Å². The van der Waals surface area contributed by atoms with Gasteiger partial charge in [0.25, 0.3) is 5.91 Å². The first kappa shape index (κ1) is 15.8. The number of nitrogens with one attached hydrogen (secondary N) is 4. The third-order valence-electron chi connectivity index (χ3n) is 3.69. The molecule has 0 radical (unpaired) electrons. The fourth-order valence-electron chi connectivity index (χ4n) is 2.60. The summed E-state index contributed by atoms with van der Waals surface area (Å²) < 4.78 is 12.6. The van der Waals surface area contributed by atoms with E-state index in [1.807, 2.05) is 0 Å². The van der Waals surface area contributed by atoms with E-state index in [9.17, 15) is 9.59 Å². The molecule has 2 saturated heterocycles. The fourth-order valence-corrected chi connectivity index (χ4v) is 3.26. The van der Waals surface area contributed by atoms with Crippen molar-refractivity contribution >= 4 is 43.8 Å². The number of aromatic nitrogens is 1. The van der Waals surface area contributed by atoms with Crippen LogP contribution in [0.3, 0.4) is 0 Å². The zero-order chi connectivity index (χ0) is 15.9. The number of fused-ring (bicyclic) bond motifs is 1. The van der Waals surface area contributed by atoms with Gasteiger partial charge in [0.2, 0.25) is 0 Å². The number of methoxy groups -OCH3 is 1. The molecule has 0 aliphatic carbocycles. The van der Waals surface area contributed by atoms with E-state index in [1.165, 1.54) is 7.11 Å². The van der Waals surface area contributed by atoms with Crippen molar-refractivity contribution in [2.75, 3.05) is 13.7 Å². The summed E-state index contributed by atoms with van der Waals surface area (Å²) in [5.41, 5.74) is -0.435. The summed E-state index contributed by atoms with van der Waals surface area (Å²) in [6.07, 6.45) is -0.366. The van der Waals surface area contributed by atoms with E-state index in [0.29, 0.717) is 23.3 Å². The van der Waals surface area contributed by atoms with Gasteiger partial charge >= 0.3 is 6.03 Å². The smallest absolute Gasteiger partial charge is 0.319 e. The summed E-state index contributed by atoms with van der Waals surface area (Å²) in [7, 11) is 1.51. The topological polar surface area (TPSA) is 104 Å². The highest BCUT2D eigenvalue weighted by Crippen LogP contribution is 2.32. The molecule has 8 nitrogen and oxygen atoms in total. The van der Waals surface area contributed by atoms with Crippen molar-refractivity contribution in [1.29, 1.82) is 0 Å². The fraction of sp³-hybridized carbons (Fsp3) is 0.500. The number of halogens is 2. The molecule has 120 valence electrons. The quantitative estimate of drug-likeness (QED) is 0.564. The van der Waals surface area contributed by atoms with Crippen molar-refractivity contribution in [3.8, 4) is 0 Å². The highest BCUT2D eigenvalue weighted by Gasteiger charge is 2.55. The Hall–Kier alpha value is -1.10. The SMILES string of the molecule is CO[C@]12C[C@H](CNC(=O)c3cc(Br)c(Br)[nH]3)O[C@H]1NC(=O)N2. The van der Waals surface area contributed by atoms with Crippen LogP contribution in [0.5, 0.6) is 0 Å². The number of amides is 3. The second kappa shape index (κ2) is 5.84. The summed E-state index contributed by atoms with van der Waals surface area (Å²) in [5, 5.41) is 8.14. The molecule has 22 heavy (non-hydrogen) atoms. The van der Waals surface area contributed by atoms with Crippen molar-refractivity contribution in [1.82, 2.24) is 20.9 Å². The van der Waals surface area contributed by atoms with Gasteiger partial charge in [-0.1, -0.05) is 0 Å². The predicted molar refractivity (Wildman–Crippen MR) is 83.2 cm³/mol. The van der Waals surface area contributed by atoms with Gasteiger partial charge in [-0.3, -0.25) is 4.79 Å². The molecule has 0 aromatic carbocycles. The summed E-state index contributed by atoms with van der Waals surface area (Å²) in [6, 6.07) is 1.36. The second-order valence-electron chi connectivity index (χ2n) is 5.09. The lowest BCUT2D eigenvalue weighted by molar-refractivity contribution is -0.0723. The van der Waals surface area contributed by atoms with E-state index in [1.54, 1.807) is 6.07 Å². The Morgan fingerprint density at radius 3 is 2.95 bits per heavy atom. The van der Waals surface area contributed by atoms with Crippen molar-refractivity contribution in [3.63, 3.8) is 0 Å². The Labute approximate surface area is 142 Å². The first-order chi connectivity index (χ1) is 10.4. The minimum absolute atomic E-state index is 0.240.